The maximum atomic E-state index is 12.9. The predicted octanol–water partition coefficient (Wildman–Crippen LogP) is 3.01. The first-order valence-corrected chi connectivity index (χ1v) is 9.74. The zero-order valence-corrected chi connectivity index (χ0v) is 13.6. The van der Waals surface area contributed by atoms with Crippen LogP contribution in [0.1, 0.15) is 39.0 Å². The minimum absolute atomic E-state index is 0.167. The zero-order chi connectivity index (χ0) is 15.0. The lowest BCUT2D eigenvalue weighted by atomic mass is 9.60. The van der Waals surface area contributed by atoms with Gasteiger partial charge in [0.25, 0.3) is 10.1 Å². The van der Waals surface area contributed by atoms with Crippen LogP contribution in [0.25, 0.3) is 0 Å². The number of halogens is 1. The molecule has 4 saturated carbocycles. The van der Waals surface area contributed by atoms with Crippen molar-refractivity contribution in [2.75, 3.05) is 13.8 Å². The van der Waals surface area contributed by atoms with E-state index in [0.29, 0.717) is 41.9 Å². The summed E-state index contributed by atoms with van der Waals surface area (Å²) >= 11 is 0. The van der Waals surface area contributed by atoms with Gasteiger partial charge >= 0.3 is 0 Å². The van der Waals surface area contributed by atoms with E-state index in [1.807, 2.05) is 0 Å². The fraction of sp³-hybridized carbons (Fsp3) is 1.00. The first-order valence-electron chi connectivity index (χ1n) is 8.26. The molecular formula is C16H25FO3S. The Morgan fingerprint density at radius 3 is 2.62 bits per heavy atom. The van der Waals surface area contributed by atoms with E-state index in [2.05, 4.69) is 6.92 Å². The number of hydrogen-bond acceptors (Lipinski definition) is 3. The van der Waals surface area contributed by atoms with Crippen LogP contribution in [-0.2, 0) is 14.3 Å². The van der Waals surface area contributed by atoms with Crippen LogP contribution in [0.2, 0.25) is 0 Å². The fourth-order valence-electron chi connectivity index (χ4n) is 6.97. The summed E-state index contributed by atoms with van der Waals surface area (Å²) in [5.41, 5.74) is 0.167. The molecule has 4 bridgehead atoms. The van der Waals surface area contributed by atoms with Gasteiger partial charge in [0.2, 0.25) is 0 Å². The fourth-order valence-corrected chi connectivity index (χ4v) is 8.42. The third-order valence-electron chi connectivity index (χ3n) is 7.53. The Bertz CT molecular complexity index is 548. The third kappa shape index (κ3) is 1.76. The Morgan fingerprint density at radius 2 is 1.95 bits per heavy atom. The Hall–Kier alpha value is -0.160. The summed E-state index contributed by atoms with van der Waals surface area (Å²) in [6.45, 7) is 2.05. The van der Waals surface area contributed by atoms with Gasteiger partial charge in [-0.2, -0.15) is 8.42 Å². The monoisotopic (exact) mass is 316 g/mol. The summed E-state index contributed by atoms with van der Waals surface area (Å²) in [7, 11) is -2.09. The molecule has 0 aliphatic heterocycles. The van der Waals surface area contributed by atoms with Gasteiger partial charge in [0.15, 0.2) is 0 Å². The summed E-state index contributed by atoms with van der Waals surface area (Å²) < 4.78 is 42.0. The largest absolute Gasteiger partial charge is 0.273 e. The van der Waals surface area contributed by atoms with Gasteiger partial charge in [-0.1, -0.05) is 6.92 Å². The van der Waals surface area contributed by atoms with E-state index in [9.17, 15) is 12.8 Å². The number of fused-ring (bicyclic) bond motifs is 9. The second-order valence-electron chi connectivity index (χ2n) is 8.15. The molecule has 0 N–H and O–H groups in total. The number of hydrogen-bond donors (Lipinski definition) is 0. The Kier molecular flexibility index (Phi) is 3.05. The predicted molar refractivity (Wildman–Crippen MR) is 77.8 cm³/mol. The molecule has 8 unspecified atom stereocenters. The van der Waals surface area contributed by atoms with E-state index in [1.165, 1.54) is 13.5 Å². The molecule has 0 amide bonds. The summed E-state index contributed by atoms with van der Waals surface area (Å²) in [6.07, 6.45) is 4.83. The van der Waals surface area contributed by atoms with Crippen molar-refractivity contribution in [3.05, 3.63) is 0 Å². The average Bonchev–Trinajstić information content (AvgIpc) is 3.13. The van der Waals surface area contributed by atoms with Crippen LogP contribution in [0.5, 0.6) is 0 Å². The van der Waals surface area contributed by atoms with E-state index >= 15 is 0 Å². The molecule has 21 heavy (non-hydrogen) atoms. The second kappa shape index (κ2) is 4.44. The standard InChI is InChI=1S/C16H25FO3S/c1-16(3-4-17)8-10-6-12(16)15-9-5-11(14(10)15)13(7-9)21(18,19)20-2/h9-15H,3-8H2,1-2H3. The molecule has 4 aliphatic rings. The molecule has 4 aliphatic carbocycles. The first kappa shape index (κ1) is 14.4. The van der Waals surface area contributed by atoms with E-state index in [-0.39, 0.29) is 17.3 Å². The maximum absolute atomic E-state index is 12.9. The Balaban J connectivity index is 1.61. The Morgan fingerprint density at radius 1 is 1.19 bits per heavy atom. The van der Waals surface area contributed by atoms with Crippen molar-refractivity contribution in [1.82, 2.24) is 0 Å². The van der Waals surface area contributed by atoms with Crippen LogP contribution in [0, 0.1) is 40.9 Å². The molecular weight excluding hydrogens is 291 g/mol. The maximum Gasteiger partial charge on any atom is 0.270 e. The van der Waals surface area contributed by atoms with Gasteiger partial charge in [0.1, 0.15) is 0 Å². The summed E-state index contributed by atoms with van der Waals surface area (Å²) in [5.74, 6) is 3.31. The van der Waals surface area contributed by atoms with Crippen molar-refractivity contribution in [3.8, 4) is 0 Å². The van der Waals surface area contributed by atoms with Gasteiger partial charge in [-0.25, -0.2) is 0 Å². The van der Waals surface area contributed by atoms with Crippen molar-refractivity contribution in [3.63, 3.8) is 0 Å². The Labute approximate surface area is 126 Å². The lowest BCUT2D eigenvalue weighted by Crippen LogP contribution is -2.44. The van der Waals surface area contributed by atoms with Gasteiger partial charge < -0.3 is 0 Å². The molecule has 4 fully saturated rings. The van der Waals surface area contributed by atoms with Crippen LogP contribution >= 0.6 is 0 Å². The molecule has 8 atom stereocenters. The highest BCUT2D eigenvalue weighted by Crippen LogP contribution is 2.73. The van der Waals surface area contributed by atoms with E-state index in [4.69, 9.17) is 4.18 Å². The molecule has 120 valence electrons. The van der Waals surface area contributed by atoms with Crippen molar-refractivity contribution >= 4 is 10.1 Å². The SMILES string of the molecule is COS(=O)(=O)C1CC2CC1C1C3CC(C21)C(C)(CCF)C3. The second-order valence-corrected chi connectivity index (χ2v) is 10.1. The molecule has 0 aromatic rings. The quantitative estimate of drug-likeness (QED) is 0.591. The van der Waals surface area contributed by atoms with Gasteiger partial charge in [-0.05, 0) is 73.0 Å². The van der Waals surface area contributed by atoms with Crippen LogP contribution in [0.15, 0.2) is 0 Å². The molecule has 0 saturated heterocycles. The third-order valence-corrected chi connectivity index (χ3v) is 9.28. The van der Waals surface area contributed by atoms with E-state index < -0.39 is 10.1 Å². The molecule has 0 heterocycles. The molecule has 0 aromatic carbocycles. The smallest absolute Gasteiger partial charge is 0.270 e. The summed E-state index contributed by atoms with van der Waals surface area (Å²) in [5, 5.41) is -0.277. The normalized spacial score (nSPS) is 54.3. The van der Waals surface area contributed by atoms with Crippen LogP contribution in [0.3, 0.4) is 0 Å². The minimum Gasteiger partial charge on any atom is -0.273 e. The van der Waals surface area contributed by atoms with Crippen molar-refractivity contribution in [1.29, 1.82) is 0 Å². The molecule has 4 rings (SSSR count). The van der Waals surface area contributed by atoms with Crippen molar-refractivity contribution in [2.24, 2.45) is 40.9 Å². The number of alkyl halides is 1. The molecule has 0 aromatic heterocycles. The van der Waals surface area contributed by atoms with Crippen LogP contribution in [0.4, 0.5) is 4.39 Å². The van der Waals surface area contributed by atoms with Gasteiger partial charge in [-0.3, -0.25) is 8.57 Å². The van der Waals surface area contributed by atoms with Crippen molar-refractivity contribution < 1.29 is 17.0 Å². The van der Waals surface area contributed by atoms with Gasteiger partial charge in [0.05, 0.1) is 19.0 Å². The lowest BCUT2D eigenvalue weighted by molar-refractivity contribution is 0.0362. The highest BCUT2D eigenvalue weighted by Gasteiger charge is 2.68. The molecule has 0 spiro atoms. The van der Waals surface area contributed by atoms with Crippen LogP contribution < -0.4 is 0 Å². The number of rotatable bonds is 4. The first-order chi connectivity index (χ1) is 9.91. The zero-order valence-electron chi connectivity index (χ0n) is 12.8. The van der Waals surface area contributed by atoms with Gasteiger partial charge in [0, 0.05) is 0 Å². The lowest BCUT2D eigenvalue weighted by Gasteiger charge is -2.45. The highest BCUT2D eigenvalue weighted by molar-refractivity contribution is 7.87. The van der Waals surface area contributed by atoms with E-state index in [0.717, 1.165) is 19.3 Å². The van der Waals surface area contributed by atoms with E-state index in [1.54, 1.807) is 0 Å². The summed E-state index contributed by atoms with van der Waals surface area (Å²) in [4.78, 5) is 0. The topological polar surface area (TPSA) is 43.4 Å². The molecule has 0 radical (unpaired) electrons. The minimum atomic E-state index is -3.38. The molecule has 3 nitrogen and oxygen atoms in total. The average molecular weight is 316 g/mol. The molecule has 5 heteroatoms. The van der Waals surface area contributed by atoms with Crippen molar-refractivity contribution in [2.45, 2.75) is 44.3 Å². The van der Waals surface area contributed by atoms with Crippen LogP contribution in [-0.4, -0.2) is 27.5 Å². The summed E-state index contributed by atoms with van der Waals surface area (Å²) in [6, 6.07) is 0. The highest BCUT2D eigenvalue weighted by atomic mass is 32.2. The van der Waals surface area contributed by atoms with Gasteiger partial charge in [-0.15, -0.1) is 0 Å².